The maximum Gasteiger partial charge on any atom is 0.303 e. The van der Waals surface area contributed by atoms with Gasteiger partial charge in [0.05, 0.1) is 11.4 Å². The first-order chi connectivity index (χ1) is 10.5. The molecule has 6 heteroatoms. The van der Waals surface area contributed by atoms with Crippen LogP contribution in [0.5, 0.6) is 0 Å². The molecular weight excluding hydrogens is 346 g/mol. The molecule has 0 atom stereocenters. The predicted octanol–water partition coefficient (Wildman–Crippen LogP) is 3.21. The second kappa shape index (κ2) is 7.56. The van der Waals surface area contributed by atoms with Crippen LogP contribution in [0.2, 0.25) is 0 Å². The van der Waals surface area contributed by atoms with Crippen LogP contribution in [-0.4, -0.2) is 27.4 Å². The largest absolute Gasteiger partial charge is 0.481 e. The fourth-order valence-corrected chi connectivity index (χ4v) is 2.61. The first-order valence-electron chi connectivity index (χ1n) is 7.22. The standard InChI is InChI=1S/C16H20BrN3O2/c1-11-15(10-18-9-3-4-16(21)22)12(2)20(19-11)14-7-5-13(17)6-8-14/h5-8,18H,3-4,9-10H2,1-2H3,(H,21,22). The Balaban J connectivity index is 2.04. The third-order valence-corrected chi connectivity index (χ3v) is 4.09. The van der Waals surface area contributed by atoms with Crippen molar-refractivity contribution in [3.8, 4) is 5.69 Å². The maximum atomic E-state index is 10.5. The highest BCUT2D eigenvalue weighted by Crippen LogP contribution is 2.19. The van der Waals surface area contributed by atoms with Gasteiger partial charge in [-0.05, 0) is 51.1 Å². The molecule has 1 aromatic heterocycles. The predicted molar refractivity (Wildman–Crippen MR) is 89.3 cm³/mol. The van der Waals surface area contributed by atoms with Crippen molar-refractivity contribution >= 4 is 21.9 Å². The highest BCUT2D eigenvalue weighted by Gasteiger charge is 2.12. The van der Waals surface area contributed by atoms with Gasteiger partial charge in [-0.25, -0.2) is 4.68 Å². The lowest BCUT2D eigenvalue weighted by Gasteiger charge is -2.07. The van der Waals surface area contributed by atoms with Crippen LogP contribution in [0.3, 0.4) is 0 Å². The van der Waals surface area contributed by atoms with Crippen molar-refractivity contribution in [3.05, 3.63) is 45.7 Å². The lowest BCUT2D eigenvalue weighted by Crippen LogP contribution is -2.16. The van der Waals surface area contributed by atoms with Crippen LogP contribution in [0.4, 0.5) is 0 Å². The zero-order valence-electron chi connectivity index (χ0n) is 12.8. The van der Waals surface area contributed by atoms with Gasteiger partial charge in [0.2, 0.25) is 0 Å². The van der Waals surface area contributed by atoms with Crippen LogP contribution in [-0.2, 0) is 11.3 Å². The molecule has 0 aliphatic rings. The number of benzene rings is 1. The van der Waals surface area contributed by atoms with Crippen molar-refractivity contribution in [2.75, 3.05) is 6.54 Å². The summed E-state index contributed by atoms with van der Waals surface area (Å²) in [5, 5.41) is 16.5. The van der Waals surface area contributed by atoms with E-state index in [1.165, 1.54) is 5.56 Å². The highest BCUT2D eigenvalue weighted by molar-refractivity contribution is 9.10. The Morgan fingerprint density at radius 3 is 2.64 bits per heavy atom. The molecule has 22 heavy (non-hydrogen) atoms. The van der Waals surface area contributed by atoms with E-state index in [0.29, 0.717) is 19.5 Å². The number of nitrogens with zero attached hydrogens (tertiary/aromatic N) is 2. The van der Waals surface area contributed by atoms with Gasteiger partial charge in [-0.15, -0.1) is 0 Å². The van der Waals surface area contributed by atoms with Crippen molar-refractivity contribution in [2.24, 2.45) is 0 Å². The minimum absolute atomic E-state index is 0.198. The summed E-state index contributed by atoms with van der Waals surface area (Å²) in [6, 6.07) is 8.03. The van der Waals surface area contributed by atoms with E-state index < -0.39 is 5.97 Å². The fourth-order valence-electron chi connectivity index (χ4n) is 2.34. The van der Waals surface area contributed by atoms with Crippen LogP contribution >= 0.6 is 15.9 Å². The number of hydrogen-bond acceptors (Lipinski definition) is 3. The van der Waals surface area contributed by atoms with Gasteiger partial charge in [0.25, 0.3) is 0 Å². The molecule has 118 valence electrons. The summed E-state index contributed by atoms with van der Waals surface area (Å²) >= 11 is 3.43. The van der Waals surface area contributed by atoms with Crippen LogP contribution in [0, 0.1) is 13.8 Å². The minimum Gasteiger partial charge on any atom is -0.481 e. The van der Waals surface area contributed by atoms with E-state index in [9.17, 15) is 4.79 Å². The third-order valence-electron chi connectivity index (χ3n) is 3.56. The highest BCUT2D eigenvalue weighted by atomic mass is 79.9. The monoisotopic (exact) mass is 365 g/mol. The van der Waals surface area contributed by atoms with E-state index in [4.69, 9.17) is 5.11 Å². The average Bonchev–Trinajstić information content (AvgIpc) is 2.75. The topological polar surface area (TPSA) is 67.2 Å². The summed E-state index contributed by atoms with van der Waals surface area (Å²) < 4.78 is 2.98. The molecule has 0 saturated heterocycles. The number of aromatic nitrogens is 2. The number of hydrogen-bond donors (Lipinski definition) is 2. The summed E-state index contributed by atoms with van der Waals surface area (Å²) in [7, 11) is 0. The molecule has 0 spiro atoms. The number of rotatable bonds is 7. The molecular formula is C16H20BrN3O2. The fraction of sp³-hybridized carbons (Fsp3) is 0.375. The smallest absolute Gasteiger partial charge is 0.303 e. The molecule has 0 unspecified atom stereocenters. The number of halogens is 1. The van der Waals surface area contributed by atoms with E-state index in [-0.39, 0.29) is 6.42 Å². The van der Waals surface area contributed by atoms with Gasteiger partial charge in [-0.2, -0.15) is 5.10 Å². The molecule has 0 aliphatic heterocycles. The summed E-state index contributed by atoms with van der Waals surface area (Å²) in [5.41, 5.74) is 4.29. The summed E-state index contributed by atoms with van der Waals surface area (Å²) in [4.78, 5) is 10.5. The number of nitrogens with one attached hydrogen (secondary N) is 1. The lowest BCUT2D eigenvalue weighted by molar-refractivity contribution is -0.137. The minimum atomic E-state index is -0.753. The molecule has 0 bridgehead atoms. The summed E-state index contributed by atoms with van der Waals surface area (Å²) in [6.45, 7) is 5.44. The van der Waals surface area contributed by atoms with Crippen LogP contribution < -0.4 is 5.32 Å². The Bertz CT molecular complexity index is 650. The van der Waals surface area contributed by atoms with Gasteiger partial charge in [-0.1, -0.05) is 15.9 Å². The van der Waals surface area contributed by atoms with E-state index in [1.54, 1.807) is 0 Å². The van der Waals surface area contributed by atoms with Crippen molar-refractivity contribution in [3.63, 3.8) is 0 Å². The van der Waals surface area contributed by atoms with Gasteiger partial charge < -0.3 is 10.4 Å². The Hall–Kier alpha value is -1.66. The van der Waals surface area contributed by atoms with Crippen molar-refractivity contribution in [2.45, 2.75) is 33.2 Å². The lowest BCUT2D eigenvalue weighted by atomic mass is 10.2. The van der Waals surface area contributed by atoms with Crippen LogP contribution in [0.25, 0.3) is 5.69 Å². The Labute approximate surface area is 138 Å². The molecule has 0 amide bonds. The van der Waals surface area contributed by atoms with Gasteiger partial charge >= 0.3 is 5.97 Å². The van der Waals surface area contributed by atoms with Gasteiger partial charge in [0.1, 0.15) is 0 Å². The molecule has 5 nitrogen and oxygen atoms in total. The van der Waals surface area contributed by atoms with E-state index in [0.717, 1.165) is 21.5 Å². The maximum absolute atomic E-state index is 10.5. The third kappa shape index (κ3) is 4.18. The van der Waals surface area contributed by atoms with Crippen molar-refractivity contribution in [1.29, 1.82) is 0 Å². The van der Waals surface area contributed by atoms with Crippen molar-refractivity contribution in [1.82, 2.24) is 15.1 Å². The SMILES string of the molecule is Cc1nn(-c2ccc(Br)cc2)c(C)c1CNCCCC(=O)O. The summed E-state index contributed by atoms with van der Waals surface area (Å²) in [6.07, 6.45) is 0.831. The van der Waals surface area contributed by atoms with Crippen LogP contribution in [0.1, 0.15) is 29.8 Å². The van der Waals surface area contributed by atoms with Gasteiger partial charge in [0, 0.05) is 28.7 Å². The second-order valence-electron chi connectivity index (χ2n) is 5.21. The Morgan fingerprint density at radius 2 is 2.00 bits per heavy atom. The molecule has 1 heterocycles. The first-order valence-corrected chi connectivity index (χ1v) is 8.02. The number of carboxylic acid groups (broad SMARTS) is 1. The Morgan fingerprint density at radius 1 is 1.32 bits per heavy atom. The number of aryl methyl sites for hydroxylation is 1. The van der Waals surface area contributed by atoms with Gasteiger partial charge in [0.15, 0.2) is 0 Å². The quantitative estimate of drug-likeness (QED) is 0.739. The molecule has 2 N–H and O–H groups in total. The van der Waals surface area contributed by atoms with E-state index >= 15 is 0 Å². The second-order valence-corrected chi connectivity index (χ2v) is 6.13. The average molecular weight is 366 g/mol. The number of carboxylic acids is 1. The number of carbonyl (C=O) groups is 1. The van der Waals surface area contributed by atoms with E-state index in [2.05, 4.69) is 33.3 Å². The first kappa shape index (κ1) is 16.7. The van der Waals surface area contributed by atoms with Gasteiger partial charge in [-0.3, -0.25) is 4.79 Å². The molecule has 0 radical (unpaired) electrons. The molecule has 2 aromatic rings. The zero-order chi connectivity index (χ0) is 16.1. The van der Waals surface area contributed by atoms with Crippen LogP contribution in [0.15, 0.2) is 28.7 Å². The van der Waals surface area contributed by atoms with Crippen molar-refractivity contribution < 1.29 is 9.90 Å². The zero-order valence-corrected chi connectivity index (χ0v) is 14.4. The Kier molecular flexibility index (Phi) is 5.74. The normalized spacial score (nSPS) is 10.9. The summed E-state index contributed by atoms with van der Waals surface area (Å²) in [5.74, 6) is -0.753. The molecule has 0 aliphatic carbocycles. The number of aliphatic carboxylic acids is 1. The molecule has 1 aromatic carbocycles. The molecule has 2 rings (SSSR count). The molecule has 0 fully saturated rings. The molecule has 0 saturated carbocycles. The van der Waals surface area contributed by atoms with E-state index in [1.807, 2.05) is 35.9 Å².